The lowest BCUT2D eigenvalue weighted by molar-refractivity contribution is 0.307. The number of ether oxygens (including phenoxy) is 1. The third-order valence-electron chi connectivity index (χ3n) is 2.12. The molecule has 0 radical (unpaired) electrons. The van der Waals surface area contributed by atoms with Crippen LogP contribution in [0, 0.1) is 12.3 Å². The van der Waals surface area contributed by atoms with E-state index in [1.807, 2.05) is 24.3 Å². The first-order chi connectivity index (χ1) is 7.36. The highest BCUT2D eigenvalue weighted by Gasteiger charge is 1.95. The molecule has 0 spiro atoms. The number of benzene rings is 1. The molecule has 0 unspecified atom stereocenters. The van der Waals surface area contributed by atoms with Crippen LogP contribution in [0.25, 0.3) is 0 Å². The molecule has 1 rings (SSSR count). The van der Waals surface area contributed by atoms with E-state index in [9.17, 15) is 0 Å². The molecular weight excluding hydrogens is 186 g/mol. The maximum absolute atomic E-state index is 5.57. The maximum atomic E-state index is 5.57. The molecule has 1 aromatic rings. The molecule has 2 N–H and O–H groups in total. The molecular formula is C13H17NO. The van der Waals surface area contributed by atoms with Gasteiger partial charge >= 0.3 is 0 Å². The Balaban J connectivity index is 2.28. The molecule has 0 aliphatic rings. The molecule has 80 valence electrons. The Bertz CT molecular complexity index is 328. The SMILES string of the molecule is C#CCCCCOc1cccc(CN)c1. The second-order valence-corrected chi connectivity index (χ2v) is 3.36. The minimum absolute atomic E-state index is 0.550. The number of nitrogens with two attached hydrogens (primary N) is 1. The summed E-state index contributed by atoms with van der Waals surface area (Å²) >= 11 is 0. The highest BCUT2D eigenvalue weighted by Crippen LogP contribution is 2.13. The summed E-state index contributed by atoms with van der Waals surface area (Å²) < 4.78 is 5.57. The molecule has 0 saturated heterocycles. The second-order valence-electron chi connectivity index (χ2n) is 3.36. The number of rotatable bonds is 6. The molecule has 0 aromatic heterocycles. The van der Waals surface area contributed by atoms with E-state index in [-0.39, 0.29) is 0 Å². The van der Waals surface area contributed by atoms with E-state index in [1.165, 1.54) is 0 Å². The van der Waals surface area contributed by atoms with Crippen molar-refractivity contribution < 1.29 is 4.74 Å². The Hall–Kier alpha value is -1.46. The van der Waals surface area contributed by atoms with Crippen LogP contribution in [-0.4, -0.2) is 6.61 Å². The van der Waals surface area contributed by atoms with E-state index >= 15 is 0 Å². The zero-order valence-electron chi connectivity index (χ0n) is 8.91. The summed E-state index contributed by atoms with van der Waals surface area (Å²) in [6.45, 7) is 1.27. The van der Waals surface area contributed by atoms with Gasteiger partial charge in [0.1, 0.15) is 5.75 Å². The fraction of sp³-hybridized carbons (Fsp3) is 0.385. The molecule has 0 amide bonds. The highest BCUT2D eigenvalue weighted by atomic mass is 16.5. The Morgan fingerprint density at radius 3 is 2.93 bits per heavy atom. The van der Waals surface area contributed by atoms with E-state index in [1.54, 1.807) is 0 Å². The van der Waals surface area contributed by atoms with Gasteiger partial charge in [0.15, 0.2) is 0 Å². The first kappa shape index (κ1) is 11.6. The molecule has 1 aromatic carbocycles. The van der Waals surface area contributed by atoms with Crippen LogP contribution in [0.15, 0.2) is 24.3 Å². The van der Waals surface area contributed by atoms with Crippen LogP contribution < -0.4 is 10.5 Å². The van der Waals surface area contributed by atoms with Crippen molar-refractivity contribution in [2.45, 2.75) is 25.8 Å². The molecule has 2 nitrogen and oxygen atoms in total. The van der Waals surface area contributed by atoms with Gasteiger partial charge in [0.2, 0.25) is 0 Å². The molecule has 0 heterocycles. The lowest BCUT2D eigenvalue weighted by Gasteiger charge is -2.06. The van der Waals surface area contributed by atoms with Crippen LogP contribution in [0.1, 0.15) is 24.8 Å². The van der Waals surface area contributed by atoms with Crippen LogP contribution in [0.2, 0.25) is 0 Å². The van der Waals surface area contributed by atoms with Crippen molar-refractivity contribution in [1.82, 2.24) is 0 Å². The average molecular weight is 203 g/mol. The van der Waals surface area contributed by atoms with Gasteiger partial charge in [0.25, 0.3) is 0 Å². The quantitative estimate of drug-likeness (QED) is 0.569. The summed E-state index contributed by atoms with van der Waals surface area (Å²) in [6, 6.07) is 7.87. The van der Waals surface area contributed by atoms with Gasteiger partial charge in [-0.1, -0.05) is 12.1 Å². The van der Waals surface area contributed by atoms with E-state index in [4.69, 9.17) is 16.9 Å². The molecule has 15 heavy (non-hydrogen) atoms. The van der Waals surface area contributed by atoms with Crippen molar-refractivity contribution in [3.8, 4) is 18.1 Å². The van der Waals surface area contributed by atoms with Crippen molar-refractivity contribution >= 4 is 0 Å². The molecule has 0 bridgehead atoms. The Labute approximate surface area is 91.4 Å². The Morgan fingerprint density at radius 2 is 2.20 bits per heavy atom. The zero-order chi connectivity index (χ0) is 10.9. The number of hydrogen-bond acceptors (Lipinski definition) is 2. The predicted octanol–water partition coefficient (Wildman–Crippen LogP) is 2.33. The predicted molar refractivity (Wildman–Crippen MR) is 62.5 cm³/mol. The minimum atomic E-state index is 0.550. The lowest BCUT2D eigenvalue weighted by atomic mass is 10.2. The number of terminal acetylenes is 1. The summed E-state index contributed by atoms with van der Waals surface area (Å²) in [7, 11) is 0. The Kier molecular flexibility index (Phi) is 5.35. The van der Waals surface area contributed by atoms with Crippen molar-refractivity contribution in [2.75, 3.05) is 6.61 Å². The van der Waals surface area contributed by atoms with Gasteiger partial charge in [-0.2, -0.15) is 0 Å². The van der Waals surface area contributed by atoms with Gasteiger partial charge in [0.05, 0.1) is 6.61 Å². The van der Waals surface area contributed by atoms with Gasteiger partial charge in [-0.05, 0) is 30.5 Å². The molecule has 0 fully saturated rings. The van der Waals surface area contributed by atoms with Crippen LogP contribution in [0.5, 0.6) is 5.75 Å². The van der Waals surface area contributed by atoms with Crippen molar-refractivity contribution in [2.24, 2.45) is 5.73 Å². The standard InChI is InChI=1S/C13H17NO/c1-2-3-4-5-9-15-13-8-6-7-12(10-13)11-14/h1,6-8,10H,3-5,9,11,14H2. The fourth-order valence-electron chi connectivity index (χ4n) is 1.28. The second kappa shape index (κ2) is 6.92. The smallest absolute Gasteiger partial charge is 0.119 e. The van der Waals surface area contributed by atoms with Crippen LogP contribution in [0.4, 0.5) is 0 Å². The average Bonchev–Trinajstić information content (AvgIpc) is 2.29. The third-order valence-corrected chi connectivity index (χ3v) is 2.12. The summed E-state index contributed by atoms with van der Waals surface area (Å²) in [5, 5.41) is 0. The summed E-state index contributed by atoms with van der Waals surface area (Å²) in [5.41, 5.74) is 6.63. The largest absolute Gasteiger partial charge is 0.494 e. The first-order valence-electron chi connectivity index (χ1n) is 5.22. The lowest BCUT2D eigenvalue weighted by Crippen LogP contribution is -1.99. The molecule has 0 aliphatic heterocycles. The van der Waals surface area contributed by atoms with Crippen molar-refractivity contribution in [3.05, 3.63) is 29.8 Å². The first-order valence-corrected chi connectivity index (χ1v) is 5.22. The topological polar surface area (TPSA) is 35.2 Å². The van der Waals surface area contributed by atoms with E-state index in [0.29, 0.717) is 6.54 Å². The van der Waals surface area contributed by atoms with Gasteiger partial charge < -0.3 is 10.5 Å². The number of unbranched alkanes of at least 4 members (excludes halogenated alkanes) is 2. The van der Waals surface area contributed by atoms with Crippen molar-refractivity contribution in [3.63, 3.8) is 0 Å². The van der Waals surface area contributed by atoms with E-state index in [0.717, 1.165) is 37.2 Å². The minimum Gasteiger partial charge on any atom is -0.494 e. The third kappa shape index (κ3) is 4.53. The van der Waals surface area contributed by atoms with Gasteiger partial charge in [-0.15, -0.1) is 12.3 Å². The Morgan fingerprint density at radius 1 is 1.33 bits per heavy atom. The molecule has 0 aliphatic carbocycles. The molecule has 2 heteroatoms. The maximum Gasteiger partial charge on any atom is 0.119 e. The van der Waals surface area contributed by atoms with Crippen LogP contribution in [-0.2, 0) is 6.54 Å². The van der Waals surface area contributed by atoms with Crippen molar-refractivity contribution in [1.29, 1.82) is 0 Å². The summed E-state index contributed by atoms with van der Waals surface area (Å²) in [4.78, 5) is 0. The molecule has 0 atom stereocenters. The normalized spacial score (nSPS) is 9.60. The van der Waals surface area contributed by atoms with Gasteiger partial charge in [-0.3, -0.25) is 0 Å². The summed E-state index contributed by atoms with van der Waals surface area (Å²) in [6.07, 6.45) is 8.00. The van der Waals surface area contributed by atoms with E-state index in [2.05, 4.69) is 5.92 Å². The number of hydrogen-bond donors (Lipinski definition) is 1. The van der Waals surface area contributed by atoms with Crippen LogP contribution in [0.3, 0.4) is 0 Å². The van der Waals surface area contributed by atoms with Crippen LogP contribution >= 0.6 is 0 Å². The highest BCUT2D eigenvalue weighted by molar-refractivity contribution is 5.28. The van der Waals surface area contributed by atoms with Gasteiger partial charge in [0, 0.05) is 13.0 Å². The van der Waals surface area contributed by atoms with E-state index < -0.39 is 0 Å². The monoisotopic (exact) mass is 203 g/mol. The fourth-order valence-corrected chi connectivity index (χ4v) is 1.28. The summed E-state index contributed by atoms with van der Waals surface area (Å²) in [5.74, 6) is 3.50. The molecule has 0 saturated carbocycles. The zero-order valence-corrected chi connectivity index (χ0v) is 8.91. The van der Waals surface area contributed by atoms with Gasteiger partial charge in [-0.25, -0.2) is 0 Å².